The van der Waals surface area contributed by atoms with E-state index >= 15 is 0 Å². The van der Waals surface area contributed by atoms with Crippen molar-refractivity contribution in [2.45, 2.75) is 38.1 Å². The standard InChI is InChI=1S/C26H31N3O5.ClH/c1-33-24(31)22-16-18-5-7-20(8-6-18)34-21-4-2-3-19(15-21)17-26(10-13-27-14-11-26)25(32)28-12-9-23(30)29-22;/h2-8,15,22,27H,9-14,16-17H2,1H3,(H,28,32)(H,29,30);1H/t22-;/m0./s1. The van der Waals surface area contributed by atoms with Crippen LogP contribution in [0.4, 0.5) is 0 Å². The smallest absolute Gasteiger partial charge is 0.328 e. The van der Waals surface area contributed by atoms with Crippen LogP contribution in [0.5, 0.6) is 11.5 Å². The average Bonchev–Trinajstić information content (AvgIpc) is 2.84. The molecule has 8 nitrogen and oxygen atoms in total. The van der Waals surface area contributed by atoms with E-state index in [-0.39, 0.29) is 43.6 Å². The minimum absolute atomic E-state index is 0. The Morgan fingerprint density at radius 3 is 2.46 bits per heavy atom. The van der Waals surface area contributed by atoms with Crippen molar-refractivity contribution in [2.24, 2.45) is 5.41 Å². The van der Waals surface area contributed by atoms with Crippen LogP contribution in [0.15, 0.2) is 48.5 Å². The molecule has 9 heteroatoms. The number of piperidine rings is 1. The lowest BCUT2D eigenvalue weighted by atomic mass is 9.73. The maximum atomic E-state index is 13.3. The van der Waals surface area contributed by atoms with Crippen LogP contribution in [-0.4, -0.2) is 50.6 Å². The molecule has 0 saturated carbocycles. The first-order valence-corrected chi connectivity index (χ1v) is 11.7. The van der Waals surface area contributed by atoms with Crippen molar-refractivity contribution in [1.29, 1.82) is 0 Å². The van der Waals surface area contributed by atoms with E-state index in [9.17, 15) is 14.4 Å². The molecule has 1 fully saturated rings. The van der Waals surface area contributed by atoms with E-state index < -0.39 is 17.4 Å². The lowest BCUT2D eigenvalue weighted by Crippen LogP contribution is -2.50. The second kappa shape index (κ2) is 12.0. The molecular weight excluding hydrogens is 470 g/mol. The third-order valence-electron chi connectivity index (χ3n) is 6.54. The fourth-order valence-electron chi connectivity index (χ4n) is 4.64. The first-order valence-electron chi connectivity index (χ1n) is 11.7. The summed E-state index contributed by atoms with van der Waals surface area (Å²) < 4.78 is 10.9. The highest BCUT2D eigenvalue weighted by Crippen LogP contribution is 2.35. The Morgan fingerprint density at radius 1 is 1.00 bits per heavy atom. The second-order valence-corrected chi connectivity index (χ2v) is 8.95. The summed E-state index contributed by atoms with van der Waals surface area (Å²) in [6.07, 6.45) is 2.38. The van der Waals surface area contributed by atoms with Gasteiger partial charge in [0.05, 0.1) is 12.5 Å². The minimum Gasteiger partial charge on any atom is -0.467 e. The van der Waals surface area contributed by atoms with Crippen LogP contribution in [0, 0.1) is 5.41 Å². The molecule has 0 unspecified atom stereocenters. The van der Waals surface area contributed by atoms with Crippen LogP contribution < -0.4 is 20.7 Å². The number of halogens is 1. The molecule has 1 atom stereocenters. The van der Waals surface area contributed by atoms with E-state index in [0.29, 0.717) is 30.8 Å². The average molecular weight is 502 g/mol. The predicted molar refractivity (Wildman–Crippen MR) is 134 cm³/mol. The largest absolute Gasteiger partial charge is 0.467 e. The van der Waals surface area contributed by atoms with E-state index in [1.54, 1.807) is 0 Å². The SMILES string of the molecule is COC(=O)[C@@H]1Cc2ccc(cc2)Oc2cccc(c2)CC2(CCNCC2)C(=O)NCCC(=O)N1.Cl. The number of rotatable bonds is 1. The highest BCUT2D eigenvalue weighted by molar-refractivity contribution is 5.86. The number of carbonyl (C=O) groups excluding carboxylic acids is 3. The third kappa shape index (κ3) is 6.74. The van der Waals surface area contributed by atoms with Crippen LogP contribution >= 0.6 is 12.4 Å². The van der Waals surface area contributed by atoms with Gasteiger partial charge in [-0.1, -0.05) is 24.3 Å². The fourth-order valence-corrected chi connectivity index (χ4v) is 4.64. The van der Waals surface area contributed by atoms with Crippen molar-refractivity contribution in [2.75, 3.05) is 26.7 Å². The number of amides is 2. The zero-order valence-electron chi connectivity index (χ0n) is 19.8. The topological polar surface area (TPSA) is 106 Å². The molecule has 1 saturated heterocycles. The van der Waals surface area contributed by atoms with E-state index in [1.165, 1.54) is 7.11 Å². The third-order valence-corrected chi connectivity index (χ3v) is 6.54. The summed E-state index contributed by atoms with van der Waals surface area (Å²) in [4.78, 5) is 38.1. The molecule has 0 aliphatic carbocycles. The molecule has 0 radical (unpaired) electrons. The lowest BCUT2D eigenvalue weighted by Gasteiger charge is -2.36. The van der Waals surface area contributed by atoms with Gasteiger partial charge in [-0.25, -0.2) is 4.79 Å². The number of esters is 1. The van der Waals surface area contributed by atoms with E-state index in [0.717, 1.165) is 24.2 Å². The van der Waals surface area contributed by atoms with Crippen molar-refractivity contribution >= 4 is 30.2 Å². The normalized spacial score (nSPS) is 20.3. The van der Waals surface area contributed by atoms with Crippen molar-refractivity contribution in [3.05, 3.63) is 59.7 Å². The number of benzene rings is 2. The number of carbonyl (C=O) groups is 3. The first-order chi connectivity index (χ1) is 16.5. The van der Waals surface area contributed by atoms with Crippen LogP contribution in [0.25, 0.3) is 0 Å². The predicted octanol–water partition coefficient (Wildman–Crippen LogP) is 2.53. The van der Waals surface area contributed by atoms with Gasteiger partial charge in [0.15, 0.2) is 0 Å². The second-order valence-electron chi connectivity index (χ2n) is 8.95. The molecule has 3 aliphatic heterocycles. The van der Waals surface area contributed by atoms with Crippen molar-refractivity contribution in [1.82, 2.24) is 16.0 Å². The number of ether oxygens (including phenoxy) is 2. The van der Waals surface area contributed by atoms with Gasteiger partial charge in [-0.3, -0.25) is 9.59 Å². The number of fused-ring (bicyclic) bond motifs is 9. The number of nitrogens with one attached hydrogen (secondary N) is 3. The molecule has 2 amide bonds. The Hall–Kier alpha value is -3.10. The van der Waals surface area contributed by atoms with E-state index in [1.807, 2.05) is 48.5 Å². The van der Waals surface area contributed by atoms with Gasteiger partial charge in [-0.15, -0.1) is 12.4 Å². The van der Waals surface area contributed by atoms with Crippen LogP contribution in [0.2, 0.25) is 0 Å². The molecule has 3 aliphatic rings. The zero-order valence-corrected chi connectivity index (χ0v) is 20.6. The molecule has 188 valence electrons. The van der Waals surface area contributed by atoms with Gasteiger partial charge in [0.2, 0.25) is 11.8 Å². The Bertz CT molecular complexity index is 1040. The Kier molecular flexibility index (Phi) is 9.12. The highest BCUT2D eigenvalue weighted by Gasteiger charge is 2.39. The summed E-state index contributed by atoms with van der Waals surface area (Å²) in [5, 5.41) is 9.04. The summed E-state index contributed by atoms with van der Waals surface area (Å²) in [5.74, 6) is 0.487. The van der Waals surface area contributed by atoms with Crippen LogP contribution in [-0.2, 0) is 32.0 Å². The van der Waals surface area contributed by atoms with E-state index in [4.69, 9.17) is 9.47 Å². The molecule has 4 bridgehead atoms. The molecule has 5 rings (SSSR count). The Labute approximate surface area is 211 Å². The molecular formula is C26H32ClN3O5. The number of hydrogen-bond acceptors (Lipinski definition) is 6. The fraction of sp³-hybridized carbons (Fsp3) is 0.423. The Balaban J connectivity index is 0.00000342. The van der Waals surface area contributed by atoms with Crippen molar-refractivity contribution in [3.8, 4) is 11.5 Å². The first kappa shape index (κ1) is 26.5. The monoisotopic (exact) mass is 501 g/mol. The molecule has 3 heterocycles. The molecule has 3 N–H and O–H groups in total. The maximum absolute atomic E-state index is 13.3. The van der Waals surface area contributed by atoms with Gasteiger partial charge in [-0.2, -0.15) is 0 Å². The molecule has 2 aromatic carbocycles. The summed E-state index contributed by atoms with van der Waals surface area (Å²) >= 11 is 0. The maximum Gasteiger partial charge on any atom is 0.328 e. The molecule has 35 heavy (non-hydrogen) atoms. The number of methoxy groups -OCH3 is 1. The van der Waals surface area contributed by atoms with Gasteiger partial charge >= 0.3 is 5.97 Å². The quantitative estimate of drug-likeness (QED) is 0.519. The van der Waals surface area contributed by atoms with Crippen molar-refractivity contribution < 1.29 is 23.9 Å². The zero-order chi connectivity index (χ0) is 24.0. The van der Waals surface area contributed by atoms with Gasteiger partial charge in [0.1, 0.15) is 17.5 Å². The summed E-state index contributed by atoms with van der Waals surface area (Å²) in [7, 11) is 1.30. The highest BCUT2D eigenvalue weighted by atomic mass is 35.5. The van der Waals surface area contributed by atoms with Gasteiger partial charge in [0.25, 0.3) is 0 Å². The van der Waals surface area contributed by atoms with Crippen LogP contribution in [0.3, 0.4) is 0 Å². The molecule has 2 aromatic rings. The lowest BCUT2D eigenvalue weighted by molar-refractivity contribution is -0.145. The number of hydrogen-bond donors (Lipinski definition) is 3. The van der Waals surface area contributed by atoms with Gasteiger partial charge < -0.3 is 25.4 Å². The van der Waals surface area contributed by atoms with Gasteiger partial charge in [-0.05, 0) is 67.7 Å². The van der Waals surface area contributed by atoms with Crippen molar-refractivity contribution in [3.63, 3.8) is 0 Å². The van der Waals surface area contributed by atoms with E-state index in [2.05, 4.69) is 16.0 Å². The van der Waals surface area contributed by atoms with Gasteiger partial charge in [0, 0.05) is 19.4 Å². The Morgan fingerprint density at radius 2 is 1.74 bits per heavy atom. The summed E-state index contributed by atoms with van der Waals surface area (Å²) in [5.41, 5.74) is 1.34. The minimum atomic E-state index is -0.814. The molecule has 0 aromatic heterocycles. The van der Waals surface area contributed by atoms with Crippen LogP contribution in [0.1, 0.15) is 30.4 Å². The summed E-state index contributed by atoms with van der Waals surface area (Å²) in [6.45, 7) is 1.72. The summed E-state index contributed by atoms with van der Waals surface area (Å²) in [6, 6.07) is 14.4. The molecule has 1 spiro atoms.